The van der Waals surface area contributed by atoms with Gasteiger partial charge in [0.05, 0.1) is 11.5 Å². The number of ether oxygens (including phenoxy) is 3. The lowest BCUT2D eigenvalue weighted by molar-refractivity contribution is -0.386. The summed E-state index contributed by atoms with van der Waals surface area (Å²) in [5, 5.41) is 11.8. The zero-order valence-corrected chi connectivity index (χ0v) is 19.1. The quantitative estimate of drug-likeness (QED) is 0.277. The molecule has 3 fully saturated rings. The van der Waals surface area contributed by atoms with Crippen LogP contribution in [0.1, 0.15) is 75.3 Å². The van der Waals surface area contributed by atoms with E-state index in [-0.39, 0.29) is 27.6 Å². The number of methoxy groups -OCH3 is 1. The smallest absolute Gasteiger partial charge is 0.311 e. The first-order chi connectivity index (χ1) is 15.4. The van der Waals surface area contributed by atoms with Gasteiger partial charge in [-0.3, -0.25) is 14.9 Å². The van der Waals surface area contributed by atoms with Gasteiger partial charge in [-0.1, -0.05) is 6.92 Å². The summed E-state index contributed by atoms with van der Waals surface area (Å²) in [7, 11) is 1.59. The van der Waals surface area contributed by atoms with E-state index < -0.39 is 0 Å². The van der Waals surface area contributed by atoms with E-state index >= 15 is 0 Å². The highest BCUT2D eigenvalue weighted by atomic mass is 16.6. The molecule has 3 aliphatic carbocycles. The van der Waals surface area contributed by atoms with Crippen molar-refractivity contribution in [3.63, 3.8) is 0 Å². The second-order valence-electron chi connectivity index (χ2n) is 10.3. The number of rotatable bonds is 5. The molecular formula is C25H33NO6. The Morgan fingerprint density at radius 1 is 1.16 bits per heavy atom. The number of carbonyl (C=O) groups is 1. The molecule has 2 saturated carbocycles. The van der Waals surface area contributed by atoms with Crippen LogP contribution in [0.5, 0.6) is 5.75 Å². The standard InChI is InChI=1S/C25H33NO6/c1-24-10-7-17-18(20(24)8-11-25(24)9-3-4-23(27)32-25)6-5-16-14-22(31-13-12-30-2)21(26(28)29)15-19(16)17/h14-15,17-18,20H,3-13H2,1-2H3/t17?,18?,20?,24-,25-/m0/s1. The first-order valence-corrected chi connectivity index (χ1v) is 12.0. The van der Waals surface area contributed by atoms with E-state index in [0.717, 1.165) is 56.9 Å². The van der Waals surface area contributed by atoms with Crippen molar-refractivity contribution in [2.75, 3.05) is 20.3 Å². The summed E-state index contributed by atoms with van der Waals surface area (Å²) >= 11 is 0. The largest absolute Gasteiger partial charge is 0.484 e. The molecule has 0 N–H and O–H groups in total. The van der Waals surface area contributed by atoms with Crippen molar-refractivity contribution in [3.8, 4) is 5.75 Å². The SMILES string of the molecule is COCCOc1cc2c(cc1[N+](=O)[O-])C1CC[C@@]3(C)C(CC[C@@]34CCCC(=O)O4)C1CC2. The van der Waals surface area contributed by atoms with Crippen molar-refractivity contribution in [2.24, 2.45) is 17.3 Å². The molecule has 0 bridgehead atoms. The lowest BCUT2D eigenvalue weighted by Crippen LogP contribution is -2.54. The van der Waals surface area contributed by atoms with Crippen molar-refractivity contribution >= 4 is 11.7 Å². The average Bonchev–Trinajstić information content (AvgIpc) is 3.04. The third-order valence-electron chi connectivity index (χ3n) is 9.11. The third kappa shape index (κ3) is 3.23. The Hall–Kier alpha value is -2.15. The highest BCUT2D eigenvalue weighted by Crippen LogP contribution is 2.67. The van der Waals surface area contributed by atoms with Crippen LogP contribution in [0.4, 0.5) is 5.69 Å². The maximum atomic E-state index is 12.2. The molecule has 5 rings (SSSR count). The zero-order chi connectivity index (χ0) is 22.5. The maximum absolute atomic E-state index is 12.2. The minimum atomic E-state index is -0.328. The molecule has 7 heteroatoms. The Kier molecular flexibility index (Phi) is 5.43. The molecule has 1 aromatic carbocycles. The predicted octanol–water partition coefficient (Wildman–Crippen LogP) is 4.94. The first kappa shape index (κ1) is 21.7. The average molecular weight is 444 g/mol. The fourth-order valence-corrected chi connectivity index (χ4v) is 7.59. The first-order valence-electron chi connectivity index (χ1n) is 12.0. The van der Waals surface area contributed by atoms with Gasteiger partial charge in [0.15, 0.2) is 5.75 Å². The van der Waals surface area contributed by atoms with Crippen LogP contribution in [0, 0.1) is 27.4 Å². The molecule has 32 heavy (non-hydrogen) atoms. The monoisotopic (exact) mass is 443 g/mol. The summed E-state index contributed by atoms with van der Waals surface area (Å²) in [4.78, 5) is 23.7. The van der Waals surface area contributed by atoms with Crippen molar-refractivity contribution in [3.05, 3.63) is 33.4 Å². The summed E-state index contributed by atoms with van der Waals surface area (Å²) in [6, 6.07) is 3.68. The van der Waals surface area contributed by atoms with Crippen LogP contribution in [0.25, 0.3) is 0 Å². The Balaban J connectivity index is 1.45. The van der Waals surface area contributed by atoms with Crippen LogP contribution >= 0.6 is 0 Å². The molecule has 1 aliphatic heterocycles. The highest BCUT2D eigenvalue weighted by molar-refractivity contribution is 5.71. The van der Waals surface area contributed by atoms with E-state index in [9.17, 15) is 14.9 Å². The van der Waals surface area contributed by atoms with Crippen molar-refractivity contribution in [2.45, 2.75) is 76.2 Å². The summed E-state index contributed by atoms with van der Waals surface area (Å²) in [6.07, 6.45) is 8.48. The van der Waals surface area contributed by atoms with Gasteiger partial charge in [0.25, 0.3) is 0 Å². The number of hydrogen-bond acceptors (Lipinski definition) is 6. The summed E-state index contributed by atoms with van der Waals surface area (Å²) < 4.78 is 16.8. The Labute approximate surface area is 188 Å². The van der Waals surface area contributed by atoms with Gasteiger partial charge in [-0.2, -0.15) is 0 Å². The fourth-order valence-electron chi connectivity index (χ4n) is 7.59. The molecule has 0 amide bonds. The minimum Gasteiger partial charge on any atom is -0.484 e. The van der Waals surface area contributed by atoms with Crippen molar-refractivity contribution < 1.29 is 23.9 Å². The Bertz CT molecular complexity index is 931. The van der Waals surface area contributed by atoms with Gasteiger partial charge in [-0.05, 0) is 86.3 Å². The Morgan fingerprint density at radius 2 is 2.00 bits per heavy atom. The molecule has 1 heterocycles. The number of fused-ring (bicyclic) bond motifs is 6. The van der Waals surface area contributed by atoms with E-state index in [4.69, 9.17) is 14.2 Å². The molecule has 3 unspecified atom stereocenters. The van der Waals surface area contributed by atoms with Crippen LogP contribution in [-0.4, -0.2) is 36.8 Å². The fraction of sp³-hybridized carbons (Fsp3) is 0.720. The Morgan fingerprint density at radius 3 is 2.75 bits per heavy atom. The molecule has 1 spiro atoms. The van der Waals surface area contributed by atoms with Crippen LogP contribution < -0.4 is 4.74 Å². The van der Waals surface area contributed by atoms with Gasteiger partial charge in [0.2, 0.25) is 0 Å². The number of nitrogens with zero attached hydrogens (tertiary/aromatic N) is 1. The maximum Gasteiger partial charge on any atom is 0.311 e. The predicted molar refractivity (Wildman–Crippen MR) is 118 cm³/mol. The van der Waals surface area contributed by atoms with Crippen LogP contribution in [0.3, 0.4) is 0 Å². The van der Waals surface area contributed by atoms with E-state index in [1.165, 1.54) is 5.56 Å². The van der Waals surface area contributed by atoms with Crippen molar-refractivity contribution in [1.82, 2.24) is 0 Å². The normalized spacial score (nSPS) is 35.6. The number of benzene rings is 1. The number of carbonyl (C=O) groups excluding carboxylic acids is 1. The number of hydrogen-bond donors (Lipinski definition) is 0. The molecule has 0 aromatic heterocycles. The van der Waals surface area contributed by atoms with Gasteiger partial charge in [-0.25, -0.2) is 0 Å². The van der Waals surface area contributed by atoms with Gasteiger partial charge >= 0.3 is 11.7 Å². The van der Waals surface area contributed by atoms with Gasteiger partial charge < -0.3 is 14.2 Å². The van der Waals surface area contributed by atoms with Crippen LogP contribution in [-0.2, 0) is 20.7 Å². The van der Waals surface area contributed by atoms with Gasteiger partial charge in [0, 0.05) is 25.0 Å². The van der Waals surface area contributed by atoms with E-state index in [0.29, 0.717) is 43.1 Å². The lowest BCUT2D eigenvalue weighted by atomic mass is 9.52. The van der Waals surface area contributed by atoms with Crippen molar-refractivity contribution in [1.29, 1.82) is 0 Å². The second kappa shape index (κ2) is 8.01. The number of esters is 1. The minimum absolute atomic E-state index is 0.0108. The summed E-state index contributed by atoms with van der Waals surface area (Å²) in [5.74, 6) is 1.63. The molecule has 4 aliphatic rings. The highest BCUT2D eigenvalue weighted by Gasteiger charge is 2.64. The zero-order valence-electron chi connectivity index (χ0n) is 19.1. The number of aryl methyl sites for hydroxylation is 1. The molecule has 7 nitrogen and oxygen atoms in total. The summed E-state index contributed by atoms with van der Waals surface area (Å²) in [6.45, 7) is 3.04. The van der Waals surface area contributed by atoms with E-state index in [1.54, 1.807) is 13.2 Å². The van der Waals surface area contributed by atoms with Crippen LogP contribution in [0.15, 0.2) is 12.1 Å². The second-order valence-corrected chi connectivity index (χ2v) is 10.3. The topological polar surface area (TPSA) is 87.9 Å². The molecule has 1 aromatic rings. The van der Waals surface area contributed by atoms with Gasteiger partial charge in [-0.15, -0.1) is 0 Å². The van der Waals surface area contributed by atoms with Crippen LogP contribution in [0.2, 0.25) is 0 Å². The van der Waals surface area contributed by atoms with E-state index in [2.05, 4.69) is 6.92 Å². The molecular weight excluding hydrogens is 410 g/mol. The number of nitro groups is 1. The van der Waals surface area contributed by atoms with Gasteiger partial charge in [0.1, 0.15) is 12.2 Å². The number of nitro benzene ring substituents is 1. The third-order valence-corrected chi connectivity index (χ3v) is 9.11. The van der Waals surface area contributed by atoms with E-state index in [1.807, 2.05) is 6.07 Å². The molecule has 1 saturated heterocycles. The molecule has 5 atom stereocenters. The lowest BCUT2D eigenvalue weighted by Gasteiger charge is -2.55. The molecule has 0 radical (unpaired) electrons. The summed E-state index contributed by atoms with van der Waals surface area (Å²) in [5.41, 5.74) is 2.08. The molecule has 174 valence electrons.